The monoisotopic (exact) mass is 313 g/mol. The molecular weight excluding hydrogens is 294 g/mol. The third-order valence-corrected chi connectivity index (χ3v) is 3.19. The second kappa shape index (κ2) is 6.85. The van der Waals surface area contributed by atoms with Crippen LogP contribution in [0.25, 0.3) is 0 Å². The van der Waals surface area contributed by atoms with Crippen molar-refractivity contribution in [2.45, 2.75) is 52.0 Å². The molecule has 2 N–H and O–H groups in total. The van der Waals surface area contributed by atoms with E-state index in [1.807, 2.05) is 13.8 Å². The number of halogens is 1. The zero-order valence-corrected chi connectivity index (χ0v) is 13.4. The molecule has 0 unspecified atom stereocenters. The quantitative estimate of drug-likeness (QED) is 0.842. The number of rotatable bonds is 6. The largest absolute Gasteiger partial charge is 0.481 e. The summed E-state index contributed by atoms with van der Waals surface area (Å²) in [7, 11) is 0. The van der Waals surface area contributed by atoms with Gasteiger partial charge in [-0.15, -0.1) is 0 Å². The van der Waals surface area contributed by atoms with Crippen molar-refractivity contribution < 1.29 is 14.7 Å². The lowest BCUT2D eigenvalue weighted by Crippen LogP contribution is -2.44. The Morgan fingerprint density at radius 1 is 1.43 bits per heavy atom. The van der Waals surface area contributed by atoms with Crippen molar-refractivity contribution in [3.05, 3.63) is 22.7 Å². The average molecular weight is 314 g/mol. The second-order valence-electron chi connectivity index (χ2n) is 5.81. The van der Waals surface area contributed by atoms with Gasteiger partial charge in [0.25, 0.3) is 5.91 Å². The van der Waals surface area contributed by atoms with Gasteiger partial charge in [0.15, 0.2) is 0 Å². The fourth-order valence-corrected chi connectivity index (χ4v) is 1.84. The van der Waals surface area contributed by atoms with Crippen LogP contribution in [-0.2, 0) is 4.79 Å². The molecule has 21 heavy (non-hydrogen) atoms. The zero-order chi connectivity index (χ0) is 16.2. The highest BCUT2D eigenvalue weighted by atomic mass is 35.5. The molecule has 0 saturated carbocycles. The second-order valence-corrected chi connectivity index (χ2v) is 6.22. The van der Waals surface area contributed by atoms with Gasteiger partial charge in [-0.3, -0.25) is 9.59 Å². The molecule has 7 heteroatoms. The number of nitrogens with zero attached hydrogens (tertiary/aromatic N) is 2. The maximum absolute atomic E-state index is 12.3. The summed E-state index contributed by atoms with van der Waals surface area (Å²) in [4.78, 5) is 31.1. The summed E-state index contributed by atoms with van der Waals surface area (Å²) in [5.74, 6) is -0.721. The fraction of sp³-hybridized carbons (Fsp3) is 0.571. The topological polar surface area (TPSA) is 92.2 Å². The van der Waals surface area contributed by atoms with Crippen molar-refractivity contribution in [3.8, 4) is 0 Å². The molecule has 116 valence electrons. The first-order chi connectivity index (χ1) is 9.62. The van der Waals surface area contributed by atoms with Crippen molar-refractivity contribution in [1.82, 2.24) is 15.3 Å². The summed E-state index contributed by atoms with van der Waals surface area (Å²) in [6.45, 7) is 7.35. The number of carbonyl (C=O) groups is 2. The van der Waals surface area contributed by atoms with Crippen LogP contribution < -0.4 is 5.32 Å². The number of aliphatic carboxylic acids is 1. The number of hydrogen-bond acceptors (Lipinski definition) is 4. The lowest BCUT2D eigenvalue weighted by molar-refractivity contribution is -0.137. The number of hydrogen-bond donors (Lipinski definition) is 2. The Morgan fingerprint density at radius 2 is 2.05 bits per heavy atom. The maximum atomic E-state index is 12.3. The lowest BCUT2D eigenvalue weighted by atomic mass is 9.98. The van der Waals surface area contributed by atoms with Crippen LogP contribution in [0.3, 0.4) is 0 Å². The van der Waals surface area contributed by atoms with Crippen LogP contribution >= 0.6 is 11.6 Å². The van der Waals surface area contributed by atoms with E-state index in [9.17, 15) is 9.59 Å². The third kappa shape index (κ3) is 5.30. The van der Waals surface area contributed by atoms with Gasteiger partial charge in [0.1, 0.15) is 11.5 Å². The van der Waals surface area contributed by atoms with Gasteiger partial charge in [0.05, 0.1) is 11.2 Å². The highest BCUT2D eigenvalue weighted by Crippen LogP contribution is 2.18. The molecule has 1 aromatic heterocycles. The fourth-order valence-electron chi connectivity index (χ4n) is 1.67. The summed E-state index contributed by atoms with van der Waals surface area (Å²) in [6, 6.07) is 0. The van der Waals surface area contributed by atoms with Gasteiger partial charge >= 0.3 is 5.97 Å². The predicted octanol–water partition coefficient (Wildman–Crippen LogP) is 2.63. The van der Waals surface area contributed by atoms with Crippen LogP contribution in [0, 0.1) is 0 Å². The molecular formula is C14H20ClN3O3. The zero-order valence-electron chi connectivity index (χ0n) is 12.6. The number of nitrogens with one attached hydrogen (secondary N) is 1. The summed E-state index contributed by atoms with van der Waals surface area (Å²) in [5, 5.41) is 11.6. The first kappa shape index (κ1) is 17.4. The van der Waals surface area contributed by atoms with Crippen molar-refractivity contribution in [3.63, 3.8) is 0 Å². The predicted molar refractivity (Wildman–Crippen MR) is 79.5 cm³/mol. The van der Waals surface area contributed by atoms with E-state index in [0.29, 0.717) is 12.2 Å². The van der Waals surface area contributed by atoms with E-state index < -0.39 is 17.4 Å². The normalized spacial score (nSPS) is 11.5. The Labute approximate surface area is 128 Å². The average Bonchev–Trinajstić information content (AvgIpc) is 2.36. The van der Waals surface area contributed by atoms with Crippen LogP contribution in [0.5, 0.6) is 0 Å². The molecule has 0 fully saturated rings. The van der Waals surface area contributed by atoms with Crippen LogP contribution in [0.15, 0.2) is 6.20 Å². The molecule has 0 saturated heterocycles. The highest BCUT2D eigenvalue weighted by Gasteiger charge is 2.24. The van der Waals surface area contributed by atoms with Gasteiger partial charge in [-0.2, -0.15) is 0 Å². The smallest absolute Gasteiger partial charge is 0.303 e. The maximum Gasteiger partial charge on any atom is 0.303 e. The van der Waals surface area contributed by atoms with Gasteiger partial charge in [-0.25, -0.2) is 9.97 Å². The van der Waals surface area contributed by atoms with Crippen molar-refractivity contribution >= 4 is 23.5 Å². The van der Waals surface area contributed by atoms with Crippen molar-refractivity contribution in [2.24, 2.45) is 0 Å². The van der Waals surface area contributed by atoms with Gasteiger partial charge in [0.2, 0.25) is 0 Å². The van der Waals surface area contributed by atoms with Crippen molar-refractivity contribution in [2.75, 3.05) is 0 Å². The molecule has 0 spiro atoms. The Bertz CT molecular complexity index is 544. The first-order valence-corrected chi connectivity index (χ1v) is 7.07. The van der Waals surface area contributed by atoms with Gasteiger partial charge in [-0.05, 0) is 20.3 Å². The molecule has 6 nitrogen and oxygen atoms in total. The molecule has 0 aliphatic rings. The standard InChI is InChI=1S/C14H20ClN3O3/c1-8(2)12-16-7-9(15)11(17-12)13(21)18-14(3,4)6-5-10(19)20/h7-8H,5-6H2,1-4H3,(H,18,21)(H,19,20). The summed E-state index contributed by atoms with van der Waals surface area (Å²) in [5.41, 5.74) is -0.555. The number of aromatic nitrogens is 2. The molecule has 0 aliphatic heterocycles. The van der Waals surface area contributed by atoms with Crippen LogP contribution in [0.1, 0.15) is 62.8 Å². The molecule has 0 bridgehead atoms. The van der Waals surface area contributed by atoms with E-state index in [1.165, 1.54) is 6.20 Å². The van der Waals surface area contributed by atoms with E-state index in [0.717, 1.165) is 0 Å². The molecule has 1 aromatic rings. The minimum atomic E-state index is -0.903. The third-order valence-electron chi connectivity index (χ3n) is 2.91. The Morgan fingerprint density at radius 3 is 2.57 bits per heavy atom. The number of amides is 1. The lowest BCUT2D eigenvalue weighted by Gasteiger charge is -2.25. The minimum absolute atomic E-state index is 0.0258. The van der Waals surface area contributed by atoms with Gasteiger partial charge < -0.3 is 10.4 Å². The van der Waals surface area contributed by atoms with E-state index in [4.69, 9.17) is 16.7 Å². The van der Waals surface area contributed by atoms with E-state index in [-0.39, 0.29) is 23.1 Å². The number of carboxylic acid groups (broad SMARTS) is 1. The van der Waals surface area contributed by atoms with E-state index in [1.54, 1.807) is 13.8 Å². The number of carboxylic acids is 1. The summed E-state index contributed by atoms with van der Waals surface area (Å²) < 4.78 is 0. The van der Waals surface area contributed by atoms with E-state index >= 15 is 0 Å². The Hall–Kier alpha value is -1.69. The molecule has 0 radical (unpaired) electrons. The molecule has 0 atom stereocenters. The van der Waals surface area contributed by atoms with Gasteiger partial charge in [0, 0.05) is 17.9 Å². The van der Waals surface area contributed by atoms with Crippen LogP contribution in [0.4, 0.5) is 0 Å². The van der Waals surface area contributed by atoms with Crippen molar-refractivity contribution in [1.29, 1.82) is 0 Å². The Kier molecular flexibility index (Phi) is 5.66. The molecule has 1 rings (SSSR count). The summed E-state index contributed by atoms with van der Waals surface area (Å²) in [6.07, 6.45) is 1.69. The van der Waals surface area contributed by atoms with E-state index in [2.05, 4.69) is 15.3 Å². The number of carbonyl (C=O) groups excluding carboxylic acids is 1. The summed E-state index contributed by atoms with van der Waals surface area (Å²) >= 11 is 5.97. The molecule has 1 heterocycles. The molecule has 1 amide bonds. The van der Waals surface area contributed by atoms with Crippen LogP contribution in [0.2, 0.25) is 5.02 Å². The highest BCUT2D eigenvalue weighted by molar-refractivity contribution is 6.33. The SMILES string of the molecule is CC(C)c1ncc(Cl)c(C(=O)NC(C)(C)CCC(=O)O)n1. The minimum Gasteiger partial charge on any atom is -0.481 e. The molecule has 0 aliphatic carbocycles. The Balaban J connectivity index is 2.88. The van der Waals surface area contributed by atoms with Gasteiger partial charge in [-0.1, -0.05) is 25.4 Å². The first-order valence-electron chi connectivity index (χ1n) is 6.69. The molecule has 0 aromatic carbocycles. The van der Waals surface area contributed by atoms with Crippen LogP contribution in [-0.4, -0.2) is 32.5 Å².